The van der Waals surface area contributed by atoms with E-state index in [0.717, 1.165) is 6.42 Å². The summed E-state index contributed by atoms with van der Waals surface area (Å²) >= 11 is 0. The first-order chi connectivity index (χ1) is 6.21. The van der Waals surface area contributed by atoms with Gasteiger partial charge in [0, 0.05) is 6.42 Å². The van der Waals surface area contributed by atoms with Gasteiger partial charge in [0.05, 0.1) is 0 Å². The Labute approximate surface area is 80.2 Å². The van der Waals surface area contributed by atoms with Crippen molar-refractivity contribution in [3.05, 3.63) is 12.2 Å². The van der Waals surface area contributed by atoms with E-state index >= 15 is 0 Å². The zero-order valence-electron chi connectivity index (χ0n) is 8.38. The zero-order chi connectivity index (χ0) is 9.31. The Morgan fingerprint density at radius 1 is 1.38 bits per heavy atom. The van der Waals surface area contributed by atoms with Crippen LogP contribution >= 0.6 is 0 Å². The highest BCUT2D eigenvalue weighted by molar-refractivity contribution is 5.90. The summed E-state index contributed by atoms with van der Waals surface area (Å²) in [4.78, 5) is 11.3. The molecule has 1 heteroatoms. The average molecular weight is 178 g/mol. The minimum atomic E-state index is 0.337. The monoisotopic (exact) mass is 178 g/mol. The second-order valence-corrected chi connectivity index (χ2v) is 4.81. The van der Waals surface area contributed by atoms with E-state index < -0.39 is 0 Å². The molecule has 0 N–H and O–H groups in total. The van der Waals surface area contributed by atoms with Gasteiger partial charge >= 0.3 is 0 Å². The third-order valence-electron chi connectivity index (χ3n) is 3.80. The van der Waals surface area contributed by atoms with Crippen molar-refractivity contribution in [2.75, 3.05) is 0 Å². The summed E-state index contributed by atoms with van der Waals surface area (Å²) in [5.41, 5.74) is 0.338. The van der Waals surface area contributed by atoms with Crippen LogP contribution in [0.1, 0.15) is 45.4 Å². The molecule has 2 unspecified atom stereocenters. The van der Waals surface area contributed by atoms with Crippen LogP contribution in [0.15, 0.2) is 12.2 Å². The first-order valence-corrected chi connectivity index (χ1v) is 5.43. The molecule has 0 aromatic carbocycles. The molecule has 13 heavy (non-hydrogen) atoms. The molecule has 0 spiro atoms. The smallest absolute Gasteiger partial charge is 0.155 e. The van der Waals surface area contributed by atoms with E-state index in [4.69, 9.17) is 0 Å². The molecule has 0 aromatic rings. The predicted octanol–water partition coefficient (Wildman–Crippen LogP) is 3.10. The van der Waals surface area contributed by atoms with E-state index in [1.807, 2.05) is 6.08 Å². The Morgan fingerprint density at radius 3 is 3.08 bits per heavy atom. The lowest BCUT2D eigenvalue weighted by Gasteiger charge is -2.35. The Hall–Kier alpha value is -0.590. The number of hydrogen-bond acceptors (Lipinski definition) is 1. The first-order valence-electron chi connectivity index (χ1n) is 5.43. The molecule has 2 aliphatic rings. The predicted molar refractivity (Wildman–Crippen MR) is 53.4 cm³/mol. The molecular weight excluding hydrogens is 160 g/mol. The van der Waals surface area contributed by atoms with E-state index in [1.54, 1.807) is 0 Å². The maximum absolute atomic E-state index is 11.3. The summed E-state index contributed by atoms with van der Waals surface area (Å²) in [5.74, 6) is 0.969. The summed E-state index contributed by atoms with van der Waals surface area (Å²) in [6, 6.07) is 0. The maximum atomic E-state index is 11.3. The van der Waals surface area contributed by atoms with E-state index in [0.29, 0.717) is 17.1 Å². The lowest BCUT2D eigenvalue weighted by atomic mass is 9.68. The normalized spacial score (nSPS) is 39.8. The van der Waals surface area contributed by atoms with Crippen LogP contribution in [0, 0.1) is 11.3 Å². The Kier molecular flexibility index (Phi) is 2.27. The van der Waals surface area contributed by atoms with Crippen molar-refractivity contribution in [1.29, 1.82) is 0 Å². The number of ketones is 1. The fourth-order valence-electron chi connectivity index (χ4n) is 2.76. The number of allylic oxidation sites excluding steroid dienone is 2. The molecule has 0 heterocycles. The minimum Gasteiger partial charge on any atom is -0.295 e. The molecule has 0 aromatic heterocycles. The highest BCUT2D eigenvalue weighted by atomic mass is 16.1. The number of carbonyl (C=O) groups is 1. The lowest BCUT2D eigenvalue weighted by molar-refractivity contribution is -0.117. The fraction of sp³-hybridized carbons (Fsp3) is 0.750. The molecular formula is C12H18O. The van der Waals surface area contributed by atoms with Crippen LogP contribution < -0.4 is 0 Å². The highest BCUT2D eigenvalue weighted by Crippen LogP contribution is 2.44. The molecule has 0 radical (unpaired) electrons. The Balaban J connectivity index is 2.22. The van der Waals surface area contributed by atoms with Gasteiger partial charge in [0.15, 0.2) is 5.78 Å². The third kappa shape index (κ3) is 1.70. The van der Waals surface area contributed by atoms with Crippen LogP contribution in [0.3, 0.4) is 0 Å². The number of fused-ring (bicyclic) bond motifs is 1. The van der Waals surface area contributed by atoms with Crippen LogP contribution in [0.4, 0.5) is 0 Å². The Morgan fingerprint density at radius 2 is 2.23 bits per heavy atom. The standard InChI is InChI=1S/C12H18O/c1-12-7-4-2-3-5-10(12)9-11(13)6-8-12/h6,8,10H,2-5,7,9H2,1H3. The van der Waals surface area contributed by atoms with Gasteiger partial charge in [0.2, 0.25) is 0 Å². The number of rotatable bonds is 0. The van der Waals surface area contributed by atoms with E-state index in [9.17, 15) is 4.79 Å². The van der Waals surface area contributed by atoms with E-state index in [-0.39, 0.29) is 0 Å². The van der Waals surface area contributed by atoms with Crippen LogP contribution in [0.5, 0.6) is 0 Å². The molecule has 0 bridgehead atoms. The van der Waals surface area contributed by atoms with Gasteiger partial charge in [-0.05, 0) is 30.3 Å². The molecule has 0 amide bonds. The zero-order valence-corrected chi connectivity index (χ0v) is 8.38. The summed E-state index contributed by atoms with van der Waals surface area (Å²) < 4.78 is 0. The lowest BCUT2D eigenvalue weighted by Crippen LogP contribution is -2.29. The van der Waals surface area contributed by atoms with Gasteiger partial charge in [0.25, 0.3) is 0 Å². The van der Waals surface area contributed by atoms with Crippen LogP contribution in [-0.2, 0) is 4.79 Å². The molecule has 1 saturated carbocycles. The highest BCUT2D eigenvalue weighted by Gasteiger charge is 2.36. The van der Waals surface area contributed by atoms with Crippen molar-refractivity contribution in [1.82, 2.24) is 0 Å². The second kappa shape index (κ2) is 3.28. The van der Waals surface area contributed by atoms with Gasteiger partial charge in [-0.15, -0.1) is 0 Å². The van der Waals surface area contributed by atoms with Crippen LogP contribution in [-0.4, -0.2) is 5.78 Å². The fourth-order valence-corrected chi connectivity index (χ4v) is 2.76. The van der Waals surface area contributed by atoms with Crippen LogP contribution in [0.25, 0.3) is 0 Å². The molecule has 1 fully saturated rings. The van der Waals surface area contributed by atoms with Gasteiger partial charge in [-0.3, -0.25) is 4.79 Å². The van der Waals surface area contributed by atoms with Crippen molar-refractivity contribution in [2.24, 2.45) is 11.3 Å². The topological polar surface area (TPSA) is 17.1 Å². The maximum Gasteiger partial charge on any atom is 0.155 e. The van der Waals surface area contributed by atoms with E-state index in [2.05, 4.69) is 13.0 Å². The quantitative estimate of drug-likeness (QED) is 0.557. The SMILES string of the molecule is CC12C=CC(=O)CC1CCCCC2. The van der Waals surface area contributed by atoms with Crippen molar-refractivity contribution in [3.63, 3.8) is 0 Å². The Bertz CT molecular complexity index is 242. The van der Waals surface area contributed by atoms with Gasteiger partial charge in [-0.25, -0.2) is 0 Å². The van der Waals surface area contributed by atoms with Crippen molar-refractivity contribution in [3.8, 4) is 0 Å². The summed E-state index contributed by atoms with van der Waals surface area (Å²) in [6.45, 7) is 2.33. The van der Waals surface area contributed by atoms with Gasteiger partial charge in [-0.2, -0.15) is 0 Å². The summed E-state index contributed by atoms with van der Waals surface area (Å²) in [7, 11) is 0. The van der Waals surface area contributed by atoms with Crippen LogP contribution in [0.2, 0.25) is 0 Å². The molecule has 2 aliphatic carbocycles. The summed E-state index contributed by atoms with van der Waals surface area (Å²) in [6.07, 6.45) is 11.3. The molecule has 0 saturated heterocycles. The average Bonchev–Trinajstić information content (AvgIpc) is 2.28. The van der Waals surface area contributed by atoms with Gasteiger partial charge in [-0.1, -0.05) is 32.3 Å². The second-order valence-electron chi connectivity index (χ2n) is 4.81. The van der Waals surface area contributed by atoms with Crippen molar-refractivity contribution < 1.29 is 4.79 Å². The first kappa shape index (κ1) is 8.98. The van der Waals surface area contributed by atoms with Crippen molar-refractivity contribution in [2.45, 2.75) is 45.4 Å². The third-order valence-corrected chi connectivity index (χ3v) is 3.80. The minimum absolute atomic E-state index is 0.337. The largest absolute Gasteiger partial charge is 0.295 e. The van der Waals surface area contributed by atoms with Crippen molar-refractivity contribution >= 4 is 5.78 Å². The molecule has 1 nitrogen and oxygen atoms in total. The van der Waals surface area contributed by atoms with Gasteiger partial charge < -0.3 is 0 Å². The number of hydrogen-bond donors (Lipinski definition) is 0. The molecule has 2 rings (SSSR count). The summed E-state index contributed by atoms with van der Waals surface area (Å²) in [5, 5.41) is 0. The molecule has 0 aliphatic heterocycles. The van der Waals surface area contributed by atoms with E-state index in [1.165, 1.54) is 32.1 Å². The molecule has 2 atom stereocenters. The molecule has 72 valence electrons. The van der Waals surface area contributed by atoms with Gasteiger partial charge in [0.1, 0.15) is 0 Å². The number of carbonyl (C=O) groups excluding carboxylic acids is 1.